The third kappa shape index (κ3) is 5.20. The van der Waals surface area contributed by atoms with Crippen molar-refractivity contribution in [3.8, 4) is 0 Å². The standard InChI is InChI=1S/C15H22BrF/c1-3-4-5-6-7-8-14(16)13-9-10-15(17)12(2)11-13/h9-11,14H,3-8H2,1-2H3. The minimum Gasteiger partial charge on any atom is -0.207 e. The highest BCUT2D eigenvalue weighted by molar-refractivity contribution is 9.09. The molecular weight excluding hydrogens is 279 g/mol. The lowest BCUT2D eigenvalue weighted by atomic mass is 10.0. The van der Waals surface area contributed by atoms with Gasteiger partial charge in [-0.25, -0.2) is 4.39 Å². The topological polar surface area (TPSA) is 0 Å². The van der Waals surface area contributed by atoms with Crippen LogP contribution in [0.5, 0.6) is 0 Å². The second-order valence-corrected chi connectivity index (χ2v) is 5.78. The summed E-state index contributed by atoms with van der Waals surface area (Å²) in [6.45, 7) is 4.05. The molecule has 1 aromatic rings. The van der Waals surface area contributed by atoms with Gasteiger partial charge in [0, 0.05) is 4.83 Å². The number of aryl methyl sites for hydroxylation is 1. The number of hydrogen-bond donors (Lipinski definition) is 0. The van der Waals surface area contributed by atoms with Gasteiger partial charge in [0.05, 0.1) is 0 Å². The molecule has 0 bridgehead atoms. The summed E-state index contributed by atoms with van der Waals surface area (Å²) in [5.74, 6) is -0.114. The minimum absolute atomic E-state index is 0.114. The van der Waals surface area contributed by atoms with E-state index < -0.39 is 0 Å². The van der Waals surface area contributed by atoms with Gasteiger partial charge in [-0.2, -0.15) is 0 Å². The van der Waals surface area contributed by atoms with Gasteiger partial charge in [0.25, 0.3) is 0 Å². The summed E-state index contributed by atoms with van der Waals surface area (Å²) >= 11 is 3.69. The Kier molecular flexibility index (Phi) is 6.79. The van der Waals surface area contributed by atoms with E-state index in [4.69, 9.17) is 0 Å². The zero-order valence-electron chi connectivity index (χ0n) is 10.8. The molecule has 0 radical (unpaired) electrons. The summed E-state index contributed by atoms with van der Waals surface area (Å²) in [5.41, 5.74) is 1.93. The summed E-state index contributed by atoms with van der Waals surface area (Å²) in [7, 11) is 0. The van der Waals surface area contributed by atoms with E-state index in [-0.39, 0.29) is 5.82 Å². The van der Waals surface area contributed by atoms with Gasteiger partial charge in [0.2, 0.25) is 0 Å². The fourth-order valence-electron chi connectivity index (χ4n) is 1.96. The van der Waals surface area contributed by atoms with Crippen LogP contribution in [0.4, 0.5) is 4.39 Å². The van der Waals surface area contributed by atoms with Crippen LogP contribution >= 0.6 is 15.9 Å². The van der Waals surface area contributed by atoms with Gasteiger partial charge >= 0.3 is 0 Å². The molecule has 1 unspecified atom stereocenters. The van der Waals surface area contributed by atoms with Gasteiger partial charge in [-0.3, -0.25) is 0 Å². The Labute approximate surface area is 113 Å². The third-order valence-corrected chi connectivity index (χ3v) is 4.09. The molecule has 2 heteroatoms. The predicted molar refractivity (Wildman–Crippen MR) is 76.2 cm³/mol. The van der Waals surface area contributed by atoms with Crippen molar-refractivity contribution in [3.05, 3.63) is 35.1 Å². The molecule has 1 rings (SSSR count). The summed E-state index contributed by atoms with van der Waals surface area (Å²) in [6.07, 6.45) is 7.63. The Morgan fingerprint density at radius 2 is 1.88 bits per heavy atom. The lowest BCUT2D eigenvalue weighted by Crippen LogP contribution is -1.93. The van der Waals surface area contributed by atoms with Crippen LogP contribution in [0.15, 0.2) is 18.2 Å². The molecule has 0 aliphatic heterocycles. The largest absolute Gasteiger partial charge is 0.207 e. The second kappa shape index (κ2) is 7.86. The van der Waals surface area contributed by atoms with Gasteiger partial charge in [-0.15, -0.1) is 0 Å². The van der Waals surface area contributed by atoms with Crippen LogP contribution < -0.4 is 0 Å². The highest BCUT2D eigenvalue weighted by Gasteiger charge is 2.08. The van der Waals surface area contributed by atoms with Crippen molar-refractivity contribution in [1.82, 2.24) is 0 Å². The minimum atomic E-state index is -0.114. The Morgan fingerprint density at radius 3 is 2.53 bits per heavy atom. The summed E-state index contributed by atoms with van der Waals surface area (Å²) < 4.78 is 13.1. The van der Waals surface area contributed by atoms with E-state index in [2.05, 4.69) is 22.9 Å². The lowest BCUT2D eigenvalue weighted by Gasteiger charge is -2.11. The number of unbranched alkanes of at least 4 members (excludes halogenated alkanes) is 4. The SMILES string of the molecule is CCCCCCCC(Br)c1ccc(F)c(C)c1. The van der Waals surface area contributed by atoms with Crippen molar-refractivity contribution >= 4 is 15.9 Å². The Bertz CT molecular complexity index is 336. The zero-order valence-corrected chi connectivity index (χ0v) is 12.4. The summed E-state index contributed by atoms with van der Waals surface area (Å²) in [5, 5.41) is 0. The lowest BCUT2D eigenvalue weighted by molar-refractivity contribution is 0.602. The monoisotopic (exact) mass is 300 g/mol. The number of rotatable bonds is 7. The molecule has 0 amide bonds. The fraction of sp³-hybridized carbons (Fsp3) is 0.600. The van der Waals surface area contributed by atoms with Crippen molar-refractivity contribution in [2.75, 3.05) is 0 Å². The van der Waals surface area contributed by atoms with Crippen molar-refractivity contribution in [3.63, 3.8) is 0 Å². The maximum Gasteiger partial charge on any atom is 0.126 e. The molecule has 0 spiro atoms. The van der Waals surface area contributed by atoms with Gasteiger partial charge in [-0.1, -0.05) is 67.1 Å². The Morgan fingerprint density at radius 1 is 1.18 bits per heavy atom. The van der Waals surface area contributed by atoms with Gasteiger partial charge in [0.1, 0.15) is 5.82 Å². The first-order valence-electron chi connectivity index (χ1n) is 6.55. The number of benzene rings is 1. The molecule has 1 aromatic carbocycles. The maximum absolute atomic E-state index is 13.1. The van der Waals surface area contributed by atoms with Crippen molar-refractivity contribution < 1.29 is 4.39 Å². The molecule has 0 saturated heterocycles. The number of alkyl halides is 1. The molecule has 0 N–H and O–H groups in total. The average molecular weight is 301 g/mol. The molecule has 0 aliphatic rings. The van der Waals surface area contributed by atoms with Crippen molar-refractivity contribution in [2.24, 2.45) is 0 Å². The third-order valence-electron chi connectivity index (χ3n) is 3.10. The van der Waals surface area contributed by atoms with E-state index >= 15 is 0 Å². The summed E-state index contributed by atoms with van der Waals surface area (Å²) in [4.78, 5) is 0.364. The van der Waals surface area contributed by atoms with E-state index in [1.54, 1.807) is 6.07 Å². The van der Waals surface area contributed by atoms with E-state index in [1.165, 1.54) is 37.7 Å². The Balaban J connectivity index is 2.36. The van der Waals surface area contributed by atoms with Crippen LogP contribution in [0, 0.1) is 12.7 Å². The van der Waals surface area contributed by atoms with Crippen molar-refractivity contribution in [1.29, 1.82) is 0 Å². The van der Waals surface area contributed by atoms with E-state index in [1.807, 2.05) is 19.1 Å². The molecule has 0 aromatic heterocycles. The smallest absolute Gasteiger partial charge is 0.126 e. The highest BCUT2D eigenvalue weighted by atomic mass is 79.9. The molecular formula is C15H22BrF. The first-order valence-corrected chi connectivity index (χ1v) is 7.46. The van der Waals surface area contributed by atoms with E-state index in [0.717, 1.165) is 12.0 Å². The van der Waals surface area contributed by atoms with Gasteiger partial charge in [0.15, 0.2) is 0 Å². The molecule has 96 valence electrons. The molecule has 17 heavy (non-hydrogen) atoms. The Hall–Kier alpha value is -0.370. The second-order valence-electron chi connectivity index (χ2n) is 4.68. The maximum atomic E-state index is 13.1. The molecule has 0 heterocycles. The fourth-order valence-corrected chi connectivity index (χ4v) is 2.57. The molecule has 0 aliphatic carbocycles. The first kappa shape index (κ1) is 14.7. The average Bonchev–Trinajstić information content (AvgIpc) is 2.32. The van der Waals surface area contributed by atoms with Gasteiger partial charge < -0.3 is 0 Å². The predicted octanol–water partition coefficient (Wildman–Crippen LogP) is 5.93. The van der Waals surface area contributed by atoms with Crippen LogP contribution in [0.3, 0.4) is 0 Å². The van der Waals surface area contributed by atoms with Gasteiger partial charge in [-0.05, 0) is 30.5 Å². The highest BCUT2D eigenvalue weighted by Crippen LogP contribution is 2.29. The number of hydrogen-bond acceptors (Lipinski definition) is 0. The van der Waals surface area contributed by atoms with Crippen molar-refractivity contribution in [2.45, 2.75) is 57.2 Å². The van der Waals surface area contributed by atoms with Crippen LogP contribution in [-0.4, -0.2) is 0 Å². The zero-order chi connectivity index (χ0) is 12.7. The number of halogens is 2. The van der Waals surface area contributed by atoms with E-state index in [0.29, 0.717) is 4.83 Å². The van der Waals surface area contributed by atoms with Crippen LogP contribution in [0.2, 0.25) is 0 Å². The van der Waals surface area contributed by atoms with Crippen LogP contribution in [0.25, 0.3) is 0 Å². The van der Waals surface area contributed by atoms with Crippen LogP contribution in [-0.2, 0) is 0 Å². The summed E-state index contributed by atoms with van der Waals surface area (Å²) in [6, 6.07) is 5.39. The first-order chi connectivity index (χ1) is 8.15. The molecule has 0 nitrogen and oxygen atoms in total. The van der Waals surface area contributed by atoms with E-state index in [9.17, 15) is 4.39 Å². The quantitative estimate of drug-likeness (QED) is 0.432. The molecule has 0 fully saturated rings. The normalized spacial score (nSPS) is 12.7. The molecule has 0 saturated carbocycles. The van der Waals surface area contributed by atoms with Crippen LogP contribution in [0.1, 0.15) is 61.4 Å². The molecule has 1 atom stereocenters.